The Bertz CT molecular complexity index is 709. The van der Waals surface area contributed by atoms with E-state index in [0.29, 0.717) is 6.04 Å². The number of aromatic nitrogens is 2. The molecule has 20 heavy (non-hydrogen) atoms. The molecule has 4 nitrogen and oxygen atoms in total. The van der Waals surface area contributed by atoms with Crippen LogP contribution < -0.4 is 11.1 Å². The van der Waals surface area contributed by atoms with Crippen molar-refractivity contribution in [3.63, 3.8) is 0 Å². The van der Waals surface area contributed by atoms with Crippen molar-refractivity contribution in [1.82, 2.24) is 9.97 Å². The van der Waals surface area contributed by atoms with E-state index in [1.165, 1.54) is 4.88 Å². The quantitative estimate of drug-likeness (QED) is 0.721. The third-order valence-electron chi connectivity index (χ3n) is 3.13. The standard InChI is InChI=1S/C15H16N4S/c1-10(7-12-3-2-6-20-12)19-15-13-8-11(16)4-5-14(13)17-9-18-15/h2-6,8-10H,7,16H2,1H3,(H,17,18,19). The van der Waals surface area contributed by atoms with E-state index < -0.39 is 0 Å². The molecule has 3 N–H and O–H groups in total. The molecule has 0 aliphatic heterocycles. The van der Waals surface area contributed by atoms with Crippen LogP contribution >= 0.6 is 11.3 Å². The average Bonchev–Trinajstić information content (AvgIpc) is 2.92. The lowest BCUT2D eigenvalue weighted by molar-refractivity contribution is 0.795. The lowest BCUT2D eigenvalue weighted by Gasteiger charge is -2.15. The third-order valence-corrected chi connectivity index (χ3v) is 4.03. The zero-order chi connectivity index (χ0) is 13.9. The maximum Gasteiger partial charge on any atom is 0.137 e. The minimum absolute atomic E-state index is 0.299. The van der Waals surface area contributed by atoms with Gasteiger partial charge in [-0.2, -0.15) is 0 Å². The minimum Gasteiger partial charge on any atom is -0.399 e. The molecule has 3 rings (SSSR count). The fraction of sp³-hybridized carbons (Fsp3) is 0.200. The molecule has 3 aromatic rings. The summed E-state index contributed by atoms with van der Waals surface area (Å²) in [5, 5.41) is 6.51. The van der Waals surface area contributed by atoms with E-state index in [4.69, 9.17) is 5.73 Å². The van der Waals surface area contributed by atoms with Crippen LogP contribution in [0.2, 0.25) is 0 Å². The SMILES string of the molecule is CC(Cc1cccs1)Nc1ncnc2ccc(N)cc12. The van der Waals surface area contributed by atoms with Crippen LogP contribution in [0.15, 0.2) is 42.0 Å². The van der Waals surface area contributed by atoms with Crippen LogP contribution in [0.4, 0.5) is 11.5 Å². The summed E-state index contributed by atoms with van der Waals surface area (Å²) in [6.07, 6.45) is 2.56. The van der Waals surface area contributed by atoms with Crippen LogP contribution in [-0.4, -0.2) is 16.0 Å². The summed E-state index contributed by atoms with van der Waals surface area (Å²) < 4.78 is 0. The van der Waals surface area contributed by atoms with Gasteiger partial charge in [-0.3, -0.25) is 0 Å². The van der Waals surface area contributed by atoms with E-state index >= 15 is 0 Å². The number of hydrogen-bond acceptors (Lipinski definition) is 5. The van der Waals surface area contributed by atoms with Gasteiger partial charge in [0.15, 0.2) is 0 Å². The molecule has 2 heterocycles. The normalized spacial score (nSPS) is 12.4. The summed E-state index contributed by atoms with van der Waals surface area (Å²) in [5.41, 5.74) is 7.48. The molecule has 0 bridgehead atoms. The Morgan fingerprint density at radius 3 is 3.00 bits per heavy atom. The highest BCUT2D eigenvalue weighted by Gasteiger charge is 2.09. The highest BCUT2D eigenvalue weighted by atomic mass is 32.1. The Balaban J connectivity index is 1.85. The number of hydrogen-bond donors (Lipinski definition) is 2. The van der Waals surface area contributed by atoms with Crippen LogP contribution in [0.5, 0.6) is 0 Å². The van der Waals surface area contributed by atoms with Crippen molar-refractivity contribution in [3.05, 3.63) is 46.9 Å². The summed E-state index contributed by atoms with van der Waals surface area (Å²) in [6, 6.07) is 10.2. The van der Waals surface area contributed by atoms with Gasteiger partial charge in [-0.25, -0.2) is 9.97 Å². The number of anilines is 2. The number of benzene rings is 1. The van der Waals surface area contributed by atoms with Crippen LogP contribution in [0.3, 0.4) is 0 Å². The number of nitrogens with one attached hydrogen (secondary N) is 1. The van der Waals surface area contributed by atoms with Crippen LogP contribution in [0, 0.1) is 0 Å². The molecule has 0 spiro atoms. The van der Waals surface area contributed by atoms with Gasteiger partial charge in [0.05, 0.1) is 5.52 Å². The largest absolute Gasteiger partial charge is 0.399 e. The predicted octanol–water partition coefficient (Wildman–Crippen LogP) is 3.32. The van der Waals surface area contributed by atoms with Crippen LogP contribution in [-0.2, 0) is 6.42 Å². The molecule has 1 unspecified atom stereocenters. The molecule has 0 saturated carbocycles. The predicted molar refractivity (Wildman–Crippen MR) is 85.1 cm³/mol. The molecule has 0 amide bonds. The maximum absolute atomic E-state index is 5.85. The number of thiophene rings is 1. The second kappa shape index (κ2) is 5.46. The first kappa shape index (κ1) is 12.9. The Kier molecular flexibility index (Phi) is 3.52. The molecule has 0 aliphatic carbocycles. The minimum atomic E-state index is 0.299. The Labute approximate surface area is 121 Å². The third kappa shape index (κ3) is 2.72. The fourth-order valence-electron chi connectivity index (χ4n) is 2.20. The fourth-order valence-corrected chi connectivity index (χ4v) is 3.04. The summed E-state index contributed by atoms with van der Waals surface area (Å²) in [5.74, 6) is 0.839. The average molecular weight is 284 g/mol. The van der Waals surface area contributed by atoms with E-state index in [0.717, 1.165) is 28.8 Å². The maximum atomic E-state index is 5.85. The van der Waals surface area contributed by atoms with E-state index in [2.05, 4.69) is 39.7 Å². The van der Waals surface area contributed by atoms with Crippen molar-refractivity contribution in [2.45, 2.75) is 19.4 Å². The number of nitrogens with two attached hydrogens (primary N) is 1. The zero-order valence-corrected chi connectivity index (χ0v) is 12.0. The van der Waals surface area contributed by atoms with Crippen molar-refractivity contribution >= 4 is 33.7 Å². The molecule has 0 fully saturated rings. The van der Waals surface area contributed by atoms with Crippen molar-refractivity contribution < 1.29 is 0 Å². The van der Waals surface area contributed by atoms with Crippen LogP contribution in [0.1, 0.15) is 11.8 Å². The Hall–Kier alpha value is -2.14. The Morgan fingerprint density at radius 1 is 1.30 bits per heavy atom. The Morgan fingerprint density at radius 2 is 2.20 bits per heavy atom. The number of nitrogen functional groups attached to an aromatic ring is 1. The zero-order valence-electron chi connectivity index (χ0n) is 11.2. The molecule has 1 aromatic carbocycles. The van der Waals surface area contributed by atoms with Gasteiger partial charge in [0.25, 0.3) is 0 Å². The lowest BCUT2D eigenvalue weighted by atomic mass is 10.1. The van der Waals surface area contributed by atoms with Crippen molar-refractivity contribution in [2.75, 3.05) is 11.1 Å². The van der Waals surface area contributed by atoms with Gasteiger partial charge in [0.2, 0.25) is 0 Å². The first-order valence-electron chi connectivity index (χ1n) is 6.51. The first-order valence-corrected chi connectivity index (χ1v) is 7.39. The second-order valence-corrected chi connectivity index (χ2v) is 5.86. The monoisotopic (exact) mass is 284 g/mol. The van der Waals surface area contributed by atoms with E-state index in [1.54, 1.807) is 17.7 Å². The number of nitrogens with zero attached hydrogens (tertiary/aromatic N) is 2. The van der Waals surface area contributed by atoms with Gasteiger partial charge < -0.3 is 11.1 Å². The summed E-state index contributed by atoms with van der Waals surface area (Å²) in [7, 11) is 0. The van der Waals surface area contributed by atoms with Gasteiger partial charge in [-0.05, 0) is 36.6 Å². The molecular formula is C15H16N4S. The molecule has 0 aliphatic rings. The van der Waals surface area contributed by atoms with Gasteiger partial charge in [-0.15, -0.1) is 11.3 Å². The molecule has 2 aromatic heterocycles. The summed E-state index contributed by atoms with van der Waals surface area (Å²) >= 11 is 1.78. The topological polar surface area (TPSA) is 63.8 Å². The van der Waals surface area contributed by atoms with Gasteiger partial charge in [0.1, 0.15) is 12.1 Å². The van der Waals surface area contributed by atoms with E-state index in [9.17, 15) is 0 Å². The van der Waals surface area contributed by atoms with E-state index in [-0.39, 0.29) is 0 Å². The van der Waals surface area contributed by atoms with Gasteiger partial charge in [0, 0.05) is 28.4 Å². The molecule has 5 heteroatoms. The summed E-state index contributed by atoms with van der Waals surface area (Å²) in [4.78, 5) is 9.97. The van der Waals surface area contributed by atoms with Gasteiger partial charge >= 0.3 is 0 Å². The lowest BCUT2D eigenvalue weighted by Crippen LogP contribution is -2.18. The number of fused-ring (bicyclic) bond motifs is 1. The highest BCUT2D eigenvalue weighted by molar-refractivity contribution is 7.09. The molecule has 0 saturated heterocycles. The van der Waals surface area contributed by atoms with Crippen molar-refractivity contribution in [3.8, 4) is 0 Å². The molecule has 0 radical (unpaired) electrons. The van der Waals surface area contributed by atoms with Crippen molar-refractivity contribution in [1.29, 1.82) is 0 Å². The second-order valence-electron chi connectivity index (χ2n) is 4.83. The van der Waals surface area contributed by atoms with Crippen molar-refractivity contribution in [2.24, 2.45) is 0 Å². The van der Waals surface area contributed by atoms with E-state index in [1.807, 2.05) is 18.2 Å². The highest BCUT2D eigenvalue weighted by Crippen LogP contribution is 2.23. The molecule has 102 valence electrons. The van der Waals surface area contributed by atoms with Crippen LogP contribution in [0.25, 0.3) is 10.9 Å². The smallest absolute Gasteiger partial charge is 0.137 e. The van der Waals surface area contributed by atoms with Gasteiger partial charge in [-0.1, -0.05) is 6.07 Å². The first-order chi connectivity index (χ1) is 9.72. The molecule has 1 atom stereocenters. The number of rotatable bonds is 4. The summed E-state index contributed by atoms with van der Waals surface area (Å²) in [6.45, 7) is 2.15. The molecular weight excluding hydrogens is 268 g/mol.